The van der Waals surface area contributed by atoms with Crippen LogP contribution in [0.3, 0.4) is 0 Å². The van der Waals surface area contributed by atoms with Crippen molar-refractivity contribution in [1.29, 1.82) is 0 Å². The van der Waals surface area contributed by atoms with Gasteiger partial charge in [-0.3, -0.25) is 4.90 Å². The fraction of sp³-hybridized carbons (Fsp3) is 0.538. The summed E-state index contributed by atoms with van der Waals surface area (Å²) in [6.07, 6.45) is 0. The molecule has 0 aromatic heterocycles. The van der Waals surface area contributed by atoms with E-state index in [4.69, 9.17) is 10.5 Å². The molecule has 0 aliphatic rings. The number of hydrogen-bond donors (Lipinski definition) is 1. The van der Waals surface area contributed by atoms with Gasteiger partial charge in [0.15, 0.2) is 0 Å². The highest BCUT2D eigenvalue weighted by atomic mass is 79.9. The fourth-order valence-electron chi connectivity index (χ4n) is 1.99. The van der Waals surface area contributed by atoms with Crippen molar-refractivity contribution in [2.24, 2.45) is 5.73 Å². The molecular formula is C13H21BrN2O. The topological polar surface area (TPSA) is 38.5 Å². The van der Waals surface area contributed by atoms with E-state index in [1.165, 1.54) is 5.56 Å². The quantitative estimate of drug-likeness (QED) is 0.877. The van der Waals surface area contributed by atoms with Crippen LogP contribution in [-0.4, -0.2) is 38.3 Å². The summed E-state index contributed by atoms with van der Waals surface area (Å²) in [5.74, 6) is 0. The highest BCUT2D eigenvalue weighted by molar-refractivity contribution is 9.10. The summed E-state index contributed by atoms with van der Waals surface area (Å²) in [6, 6.07) is 8.63. The average Bonchev–Trinajstić information content (AvgIpc) is 2.29. The second-order valence-corrected chi connectivity index (χ2v) is 5.24. The van der Waals surface area contributed by atoms with Crippen LogP contribution in [0.4, 0.5) is 0 Å². The molecule has 2 N–H and O–H groups in total. The lowest BCUT2D eigenvalue weighted by Crippen LogP contribution is -2.38. The number of halogens is 1. The minimum atomic E-state index is 0.0815. The molecule has 0 spiro atoms. The van der Waals surface area contributed by atoms with Crippen LogP contribution in [0.25, 0.3) is 0 Å². The largest absolute Gasteiger partial charge is 0.383 e. The van der Waals surface area contributed by atoms with E-state index in [9.17, 15) is 0 Å². The molecule has 2 unspecified atom stereocenters. The lowest BCUT2D eigenvalue weighted by molar-refractivity contribution is 0.131. The van der Waals surface area contributed by atoms with Gasteiger partial charge < -0.3 is 10.5 Å². The van der Waals surface area contributed by atoms with Gasteiger partial charge in [0.25, 0.3) is 0 Å². The van der Waals surface area contributed by atoms with Gasteiger partial charge in [0.1, 0.15) is 0 Å². The van der Waals surface area contributed by atoms with Crippen molar-refractivity contribution in [3.63, 3.8) is 0 Å². The molecule has 1 rings (SSSR count). The van der Waals surface area contributed by atoms with Crippen molar-refractivity contribution in [2.45, 2.75) is 19.0 Å². The maximum atomic E-state index is 6.09. The second-order valence-electron chi connectivity index (χ2n) is 4.33. The highest BCUT2D eigenvalue weighted by Crippen LogP contribution is 2.23. The normalized spacial score (nSPS) is 14.9. The summed E-state index contributed by atoms with van der Waals surface area (Å²) in [4.78, 5) is 2.23. The summed E-state index contributed by atoms with van der Waals surface area (Å²) in [7, 11) is 3.80. The van der Waals surface area contributed by atoms with Crippen LogP contribution in [0.1, 0.15) is 18.5 Å². The Bertz CT molecular complexity index is 327. The van der Waals surface area contributed by atoms with Gasteiger partial charge in [-0.2, -0.15) is 0 Å². The minimum absolute atomic E-state index is 0.0815. The van der Waals surface area contributed by atoms with Crippen molar-refractivity contribution in [2.75, 3.05) is 27.3 Å². The fourth-order valence-corrected chi connectivity index (χ4v) is 2.26. The van der Waals surface area contributed by atoms with E-state index in [1.807, 2.05) is 6.92 Å². The van der Waals surface area contributed by atoms with Gasteiger partial charge in [0.05, 0.1) is 6.61 Å². The summed E-state index contributed by atoms with van der Waals surface area (Å²) in [5, 5.41) is 0. The van der Waals surface area contributed by atoms with E-state index in [0.717, 1.165) is 17.6 Å². The summed E-state index contributed by atoms with van der Waals surface area (Å²) in [5.41, 5.74) is 7.32. The number of ether oxygens (including phenoxy) is 1. The molecule has 3 nitrogen and oxygen atoms in total. The number of benzene rings is 1. The molecule has 0 aliphatic heterocycles. The molecule has 0 bridgehead atoms. The molecule has 0 aliphatic carbocycles. The Hall–Kier alpha value is -0.420. The molecule has 96 valence electrons. The summed E-state index contributed by atoms with van der Waals surface area (Å²) < 4.78 is 6.19. The molecule has 0 amide bonds. The Balaban J connectivity index is 2.81. The van der Waals surface area contributed by atoms with Crippen LogP contribution in [0, 0.1) is 0 Å². The van der Waals surface area contributed by atoms with Crippen LogP contribution >= 0.6 is 15.9 Å². The van der Waals surface area contributed by atoms with E-state index >= 15 is 0 Å². The lowest BCUT2D eigenvalue weighted by atomic mass is 10.00. The third-order valence-corrected chi connectivity index (χ3v) is 3.36. The first kappa shape index (κ1) is 14.6. The predicted octanol–water partition coefficient (Wildman–Crippen LogP) is 2.42. The number of likely N-dealkylation sites (N-methyl/N-ethyl adjacent to an activating group) is 1. The monoisotopic (exact) mass is 300 g/mol. The van der Waals surface area contributed by atoms with Crippen molar-refractivity contribution < 1.29 is 4.74 Å². The Morgan fingerprint density at radius 3 is 2.41 bits per heavy atom. The third kappa shape index (κ3) is 4.39. The zero-order valence-electron chi connectivity index (χ0n) is 10.7. The predicted molar refractivity (Wildman–Crippen MR) is 75.0 cm³/mol. The van der Waals surface area contributed by atoms with Gasteiger partial charge in [-0.15, -0.1) is 0 Å². The molecular weight excluding hydrogens is 280 g/mol. The molecule has 0 heterocycles. The van der Waals surface area contributed by atoms with Crippen LogP contribution in [0.5, 0.6) is 0 Å². The van der Waals surface area contributed by atoms with E-state index in [2.05, 4.69) is 52.1 Å². The van der Waals surface area contributed by atoms with Gasteiger partial charge in [-0.25, -0.2) is 0 Å². The first-order valence-corrected chi connectivity index (χ1v) is 6.55. The number of nitrogens with zero attached hydrogens (tertiary/aromatic N) is 1. The van der Waals surface area contributed by atoms with Gasteiger partial charge in [0.2, 0.25) is 0 Å². The second kappa shape index (κ2) is 7.11. The molecule has 0 fully saturated rings. The third-order valence-electron chi connectivity index (χ3n) is 2.83. The summed E-state index contributed by atoms with van der Waals surface area (Å²) in [6.45, 7) is 3.63. The van der Waals surface area contributed by atoms with E-state index in [0.29, 0.717) is 0 Å². The van der Waals surface area contributed by atoms with Crippen LogP contribution < -0.4 is 5.73 Å². The Morgan fingerprint density at radius 2 is 1.94 bits per heavy atom. The zero-order valence-corrected chi connectivity index (χ0v) is 12.3. The molecule has 17 heavy (non-hydrogen) atoms. The Kier molecular flexibility index (Phi) is 6.12. The van der Waals surface area contributed by atoms with Crippen molar-refractivity contribution in [3.8, 4) is 0 Å². The Morgan fingerprint density at radius 1 is 1.35 bits per heavy atom. The molecule has 1 aromatic carbocycles. The molecule has 4 heteroatoms. The van der Waals surface area contributed by atoms with Gasteiger partial charge in [-0.1, -0.05) is 28.1 Å². The Labute approximate surface area is 112 Å². The minimum Gasteiger partial charge on any atom is -0.383 e. The molecule has 1 aromatic rings. The van der Waals surface area contributed by atoms with Crippen LogP contribution in [0.2, 0.25) is 0 Å². The zero-order chi connectivity index (χ0) is 12.8. The van der Waals surface area contributed by atoms with Crippen molar-refractivity contribution in [1.82, 2.24) is 4.90 Å². The first-order chi connectivity index (χ1) is 8.06. The van der Waals surface area contributed by atoms with Gasteiger partial charge in [0, 0.05) is 30.2 Å². The van der Waals surface area contributed by atoms with Gasteiger partial charge >= 0.3 is 0 Å². The van der Waals surface area contributed by atoms with E-state index in [-0.39, 0.29) is 12.1 Å². The molecule has 0 saturated heterocycles. The number of rotatable bonds is 6. The van der Waals surface area contributed by atoms with E-state index in [1.54, 1.807) is 7.11 Å². The number of methoxy groups -OCH3 is 1. The van der Waals surface area contributed by atoms with Crippen LogP contribution in [-0.2, 0) is 4.74 Å². The molecule has 0 radical (unpaired) electrons. The van der Waals surface area contributed by atoms with Crippen LogP contribution in [0.15, 0.2) is 28.7 Å². The SMILES string of the molecule is COCCN(C)C(c1ccc(Br)cc1)C(C)N. The maximum Gasteiger partial charge on any atom is 0.0589 e. The maximum absolute atomic E-state index is 6.09. The average molecular weight is 301 g/mol. The van der Waals surface area contributed by atoms with Crippen molar-refractivity contribution in [3.05, 3.63) is 34.3 Å². The molecule has 2 atom stereocenters. The van der Waals surface area contributed by atoms with Gasteiger partial charge in [-0.05, 0) is 31.7 Å². The molecule has 0 saturated carbocycles. The highest BCUT2D eigenvalue weighted by Gasteiger charge is 2.20. The smallest absolute Gasteiger partial charge is 0.0589 e. The number of nitrogens with two attached hydrogens (primary N) is 1. The lowest BCUT2D eigenvalue weighted by Gasteiger charge is -2.31. The summed E-state index contributed by atoms with van der Waals surface area (Å²) >= 11 is 3.45. The number of hydrogen-bond acceptors (Lipinski definition) is 3. The van der Waals surface area contributed by atoms with Crippen molar-refractivity contribution >= 4 is 15.9 Å². The first-order valence-electron chi connectivity index (χ1n) is 5.76. The standard InChI is InChI=1S/C13H21BrN2O/c1-10(15)13(16(2)8-9-17-3)11-4-6-12(14)7-5-11/h4-7,10,13H,8-9,15H2,1-3H3. The van der Waals surface area contributed by atoms with E-state index < -0.39 is 0 Å².